The van der Waals surface area contributed by atoms with Crippen LogP contribution in [0.3, 0.4) is 0 Å². The lowest BCUT2D eigenvalue weighted by Gasteiger charge is -2.11. The SMILES string of the molecule is COc1cc(OC)c(OC)cc1C=CN. The molecule has 0 amide bonds. The van der Waals surface area contributed by atoms with Crippen LogP contribution >= 0.6 is 0 Å². The highest BCUT2D eigenvalue weighted by atomic mass is 16.5. The van der Waals surface area contributed by atoms with Gasteiger partial charge in [0.1, 0.15) is 5.75 Å². The molecule has 0 aliphatic carbocycles. The molecule has 0 aliphatic rings. The minimum absolute atomic E-state index is 0.628. The van der Waals surface area contributed by atoms with Crippen LogP contribution in [0.5, 0.6) is 17.2 Å². The molecule has 1 rings (SSSR count). The van der Waals surface area contributed by atoms with Crippen LogP contribution in [-0.2, 0) is 0 Å². The molecule has 0 radical (unpaired) electrons. The van der Waals surface area contributed by atoms with Gasteiger partial charge in [-0.05, 0) is 18.3 Å². The van der Waals surface area contributed by atoms with Crippen molar-refractivity contribution >= 4 is 6.08 Å². The Morgan fingerprint density at radius 1 is 0.933 bits per heavy atom. The normalized spacial score (nSPS) is 10.3. The maximum atomic E-state index is 5.34. The van der Waals surface area contributed by atoms with E-state index in [2.05, 4.69) is 0 Å². The van der Waals surface area contributed by atoms with Crippen LogP contribution in [0.1, 0.15) is 5.56 Å². The summed E-state index contributed by atoms with van der Waals surface area (Å²) in [6.45, 7) is 0. The first-order chi connectivity index (χ1) is 7.26. The first kappa shape index (κ1) is 11.2. The van der Waals surface area contributed by atoms with E-state index in [4.69, 9.17) is 19.9 Å². The zero-order chi connectivity index (χ0) is 11.3. The second-order valence-electron chi connectivity index (χ2n) is 2.81. The van der Waals surface area contributed by atoms with E-state index in [-0.39, 0.29) is 0 Å². The van der Waals surface area contributed by atoms with Gasteiger partial charge in [-0.3, -0.25) is 0 Å². The van der Waals surface area contributed by atoms with Crippen molar-refractivity contribution < 1.29 is 14.2 Å². The van der Waals surface area contributed by atoms with Gasteiger partial charge in [-0.1, -0.05) is 0 Å². The Labute approximate surface area is 89.2 Å². The van der Waals surface area contributed by atoms with Crippen LogP contribution in [-0.4, -0.2) is 21.3 Å². The van der Waals surface area contributed by atoms with Gasteiger partial charge in [-0.2, -0.15) is 0 Å². The first-order valence-electron chi connectivity index (χ1n) is 4.45. The van der Waals surface area contributed by atoms with E-state index in [1.807, 2.05) is 0 Å². The van der Waals surface area contributed by atoms with Crippen molar-refractivity contribution in [2.45, 2.75) is 0 Å². The van der Waals surface area contributed by atoms with Gasteiger partial charge < -0.3 is 19.9 Å². The molecule has 1 aromatic carbocycles. The molecule has 0 spiro atoms. The summed E-state index contributed by atoms with van der Waals surface area (Å²) < 4.78 is 15.5. The number of nitrogens with two attached hydrogens (primary N) is 1. The number of benzene rings is 1. The lowest BCUT2D eigenvalue weighted by Crippen LogP contribution is -1.94. The second-order valence-corrected chi connectivity index (χ2v) is 2.81. The summed E-state index contributed by atoms with van der Waals surface area (Å²) >= 11 is 0. The molecule has 15 heavy (non-hydrogen) atoms. The zero-order valence-electron chi connectivity index (χ0n) is 9.11. The van der Waals surface area contributed by atoms with Crippen LogP contribution in [0, 0.1) is 0 Å². The smallest absolute Gasteiger partial charge is 0.164 e. The molecule has 0 saturated heterocycles. The molecule has 82 valence electrons. The highest BCUT2D eigenvalue weighted by Crippen LogP contribution is 2.34. The maximum absolute atomic E-state index is 5.34. The monoisotopic (exact) mass is 209 g/mol. The Hall–Kier alpha value is -1.84. The topological polar surface area (TPSA) is 53.7 Å². The number of methoxy groups -OCH3 is 3. The summed E-state index contributed by atoms with van der Waals surface area (Å²) in [5.74, 6) is 1.96. The van der Waals surface area contributed by atoms with Crippen molar-refractivity contribution in [2.75, 3.05) is 21.3 Å². The van der Waals surface area contributed by atoms with Gasteiger partial charge >= 0.3 is 0 Å². The maximum Gasteiger partial charge on any atom is 0.164 e. The van der Waals surface area contributed by atoms with Gasteiger partial charge in [0.25, 0.3) is 0 Å². The molecule has 0 atom stereocenters. The van der Waals surface area contributed by atoms with E-state index in [0.29, 0.717) is 17.2 Å². The lowest BCUT2D eigenvalue weighted by atomic mass is 10.1. The highest BCUT2D eigenvalue weighted by molar-refractivity contribution is 5.63. The predicted molar refractivity (Wildman–Crippen MR) is 59.3 cm³/mol. The molecular weight excluding hydrogens is 194 g/mol. The van der Waals surface area contributed by atoms with Crippen LogP contribution in [0.15, 0.2) is 18.3 Å². The predicted octanol–water partition coefficient (Wildman–Crippen LogP) is 1.64. The van der Waals surface area contributed by atoms with E-state index >= 15 is 0 Å². The fourth-order valence-electron chi connectivity index (χ4n) is 1.29. The molecule has 4 heteroatoms. The Morgan fingerprint density at radius 3 is 1.93 bits per heavy atom. The van der Waals surface area contributed by atoms with Gasteiger partial charge in [0.05, 0.1) is 21.3 Å². The lowest BCUT2D eigenvalue weighted by molar-refractivity contribution is 0.348. The minimum Gasteiger partial charge on any atom is -0.496 e. The minimum atomic E-state index is 0.628. The zero-order valence-corrected chi connectivity index (χ0v) is 9.11. The summed E-state index contributed by atoms with van der Waals surface area (Å²) in [7, 11) is 4.76. The van der Waals surface area contributed by atoms with Crippen molar-refractivity contribution in [1.82, 2.24) is 0 Å². The van der Waals surface area contributed by atoms with Gasteiger partial charge in [-0.15, -0.1) is 0 Å². The number of hydrogen-bond acceptors (Lipinski definition) is 4. The summed E-state index contributed by atoms with van der Waals surface area (Å²) in [6, 6.07) is 3.56. The van der Waals surface area contributed by atoms with Gasteiger partial charge in [0, 0.05) is 11.6 Å². The second kappa shape index (κ2) is 5.14. The van der Waals surface area contributed by atoms with E-state index in [0.717, 1.165) is 5.56 Å². The fourth-order valence-corrected chi connectivity index (χ4v) is 1.29. The molecule has 4 nitrogen and oxygen atoms in total. The Morgan fingerprint density at radius 2 is 1.47 bits per heavy atom. The summed E-state index contributed by atoms with van der Waals surface area (Å²) in [4.78, 5) is 0. The van der Waals surface area contributed by atoms with Gasteiger partial charge in [0.15, 0.2) is 11.5 Å². The molecular formula is C11H15NO3. The van der Waals surface area contributed by atoms with Crippen molar-refractivity contribution in [2.24, 2.45) is 5.73 Å². The van der Waals surface area contributed by atoms with Crippen molar-refractivity contribution in [3.05, 3.63) is 23.9 Å². The van der Waals surface area contributed by atoms with Crippen LogP contribution in [0.4, 0.5) is 0 Å². The van der Waals surface area contributed by atoms with Crippen molar-refractivity contribution in [3.8, 4) is 17.2 Å². The molecule has 0 unspecified atom stereocenters. The quantitative estimate of drug-likeness (QED) is 0.819. The Bertz CT molecular complexity index is 361. The molecule has 0 aliphatic heterocycles. The summed E-state index contributed by atoms with van der Waals surface area (Å²) in [5.41, 5.74) is 6.18. The van der Waals surface area contributed by atoms with Gasteiger partial charge in [0.2, 0.25) is 0 Å². The molecule has 1 aromatic rings. The standard InChI is InChI=1S/C11H15NO3/c1-13-9-7-11(15-3)10(14-2)6-8(9)4-5-12/h4-7H,12H2,1-3H3. The third-order valence-corrected chi connectivity index (χ3v) is 2.01. The van der Waals surface area contributed by atoms with Crippen molar-refractivity contribution in [3.63, 3.8) is 0 Å². The summed E-state index contributed by atoms with van der Waals surface area (Å²) in [6.07, 6.45) is 3.19. The van der Waals surface area contributed by atoms with Gasteiger partial charge in [-0.25, -0.2) is 0 Å². The average molecular weight is 209 g/mol. The first-order valence-corrected chi connectivity index (χ1v) is 4.45. The fraction of sp³-hybridized carbons (Fsp3) is 0.273. The molecule has 2 N–H and O–H groups in total. The molecule has 0 fully saturated rings. The third-order valence-electron chi connectivity index (χ3n) is 2.01. The largest absolute Gasteiger partial charge is 0.496 e. The van der Waals surface area contributed by atoms with Crippen LogP contribution in [0.2, 0.25) is 0 Å². The van der Waals surface area contributed by atoms with Crippen molar-refractivity contribution in [1.29, 1.82) is 0 Å². The number of rotatable bonds is 4. The van der Waals surface area contributed by atoms with E-state index < -0.39 is 0 Å². The molecule has 0 bridgehead atoms. The molecule has 0 saturated carbocycles. The Balaban J connectivity index is 3.27. The molecule has 0 heterocycles. The average Bonchev–Trinajstić information content (AvgIpc) is 2.28. The Kier molecular flexibility index (Phi) is 3.85. The number of hydrogen-bond donors (Lipinski definition) is 1. The van der Waals surface area contributed by atoms with E-state index in [1.54, 1.807) is 39.5 Å². The van der Waals surface area contributed by atoms with E-state index in [1.165, 1.54) is 6.20 Å². The molecule has 0 aromatic heterocycles. The van der Waals surface area contributed by atoms with E-state index in [9.17, 15) is 0 Å². The summed E-state index contributed by atoms with van der Waals surface area (Å²) in [5, 5.41) is 0. The third kappa shape index (κ3) is 2.34. The highest BCUT2D eigenvalue weighted by Gasteiger charge is 2.09. The van der Waals surface area contributed by atoms with Crippen LogP contribution in [0.25, 0.3) is 6.08 Å². The van der Waals surface area contributed by atoms with Crippen LogP contribution < -0.4 is 19.9 Å². The number of ether oxygens (including phenoxy) is 3.